The predicted octanol–water partition coefficient (Wildman–Crippen LogP) is 2.87. The zero-order valence-electron chi connectivity index (χ0n) is 14.9. The highest BCUT2D eigenvalue weighted by Gasteiger charge is 2.33. The second-order valence-electron chi connectivity index (χ2n) is 5.74. The van der Waals surface area contributed by atoms with E-state index in [1.54, 1.807) is 12.1 Å². The van der Waals surface area contributed by atoms with Crippen molar-refractivity contribution < 1.29 is 33.7 Å². The molecule has 0 atom stereocenters. The lowest BCUT2D eigenvalue weighted by molar-refractivity contribution is 0.0696. The van der Waals surface area contributed by atoms with Crippen LogP contribution in [0, 0.1) is 0 Å². The van der Waals surface area contributed by atoms with Gasteiger partial charge in [-0.25, -0.2) is 4.79 Å². The van der Waals surface area contributed by atoms with Crippen LogP contribution in [0.4, 0.5) is 0 Å². The first-order valence-electron chi connectivity index (χ1n) is 7.89. The summed E-state index contributed by atoms with van der Waals surface area (Å²) in [7, 11) is 4.39. The molecule has 138 valence electrons. The Morgan fingerprint density at radius 2 is 1.48 bits per heavy atom. The molecule has 0 saturated carbocycles. The van der Waals surface area contributed by atoms with Crippen LogP contribution >= 0.6 is 0 Å². The maximum absolute atomic E-state index is 12.6. The summed E-state index contributed by atoms with van der Waals surface area (Å²) in [5.74, 6) is -0.993. The quantitative estimate of drug-likeness (QED) is 0.640. The van der Waals surface area contributed by atoms with Crippen LogP contribution in [0.25, 0.3) is 6.08 Å². The van der Waals surface area contributed by atoms with Crippen molar-refractivity contribution in [3.05, 3.63) is 58.2 Å². The largest absolute Gasteiger partial charge is 0.493 e. The van der Waals surface area contributed by atoms with E-state index in [1.165, 1.54) is 45.6 Å². The Balaban J connectivity index is 2.09. The molecule has 0 fully saturated rings. The van der Waals surface area contributed by atoms with Gasteiger partial charge >= 0.3 is 5.97 Å². The number of fused-ring (bicyclic) bond motifs is 1. The molecule has 0 saturated heterocycles. The van der Waals surface area contributed by atoms with Crippen molar-refractivity contribution in [1.82, 2.24) is 0 Å². The highest BCUT2D eigenvalue weighted by atomic mass is 16.5. The van der Waals surface area contributed by atoms with Gasteiger partial charge in [0.1, 0.15) is 0 Å². The van der Waals surface area contributed by atoms with Crippen LogP contribution in [0.1, 0.15) is 36.6 Å². The number of ether oxygens (including phenoxy) is 3. The molecule has 0 radical (unpaired) electrons. The van der Waals surface area contributed by atoms with Gasteiger partial charge in [-0.3, -0.25) is 9.59 Å². The molecule has 0 spiro atoms. The number of ketones is 2. The summed E-state index contributed by atoms with van der Waals surface area (Å²) < 4.78 is 15.8. The lowest BCUT2D eigenvalue weighted by Gasteiger charge is -2.13. The van der Waals surface area contributed by atoms with Crippen molar-refractivity contribution in [1.29, 1.82) is 0 Å². The summed E-state index contributed by atoms with van der Waals surface area (Å²) in [4.78, 5) is 36.4. The van der Waals surface area contributed by atoms with Gasteiger partial charge in [-0.05, 0) is 42.0 Å². The van der Waals surface area contributed by atoms with Crippen LogP contribution in [0.5, 0.6) is 17.2 Å². The van der Waals surface area contributed by atoms with Gasteiger partial charge in [0.15, 0.2) is 23.1 Å². The Bertz CT molecular complexity index is 976. The first-order chi connectivity index (χ1) is 12.9. The van der Waals surface area contributed by atoms with Crippen LogP contribution in [0.2, 0.25) is 0 Å². The first-order valence-corrected chi connectivity index (χ1v) is 7.89. The van der Waals surface area contributed by atoms with Gasteiger partial charge in [0.2, 0.25) is 5.75 Å². The first kappa shape index (κ1) is 18.2. The van der Waals surface area contributed by atoms with Crippen LogP contribution in [-0.4, -0.2) is 44.0 Å². The lowest BCUT2D eigenvalue weighted by atomic mass is 10.1. The number of hydrogen-bond acceptors (Lipinski definition) is 6. The summed E-state index contributed by atoms with van der Waals surface area (Å²) in [6.45, 7) is 0. The van der Waals surface area contributed by atoms with Crippen molar-refractivity contribution in [2.24, 2.45) is 0 Å². The number of carboxylic acids is 1. The second-order valence-corrected chi connectivity index (χ2v) is 5.74. The molecule has 1 aliphatic carbocycles. The third-order valence-electron chi connectivity index (χ3n) is 4.24. The van der Waals surface area contributed by atoms with Crippen molar-refractivity contribution in [3.63, 3.8) is 0 Å². The zero-order valence-corrected chi connectivity index (χ0v) is 14.9. The predicted molar refractivity (Wildman–Crippen MR) is 96.1 cm³/mol. The molecule has 1 N–H and O–H groups in total. The van der Waals surface area contributed by atoms with E-state index in [0.29, 0.717) is 22.8 Å². The Labute approximate surface area is 154 Å². The molecule has 2 aromatic carbocycles. The molecule has 2 aromatic rings. The Kier molecular flexibility index (Phi) is 4.68. The van der Waals surface area contributed by atoms with Gasteiger partial charge in [0.25, 0.3) is 0 Å². The third-order valence-corrected chi connectivity index (χ3v) is 4.24. The summed E-state index contributed by atoms with van der Waals surface area (Å²) in [6, 6.07) is 7.10. The molecule has 0 amide bonds. The van der Waals surface area contributed by atoms with Crippen molar-refractivity contribution in [2.45, 2.75) is 0 Å². The molecule has 0 aliphatic heterocycles. The average Bonchev–Trinajstić information content (AvgIpc) is 2.91. The molecule has 0 aromatic heterocycles. The zero-order chi connectivity index (χ0) is 19.7. The number of benzene rings is 2. The van der Waals surface area contributed by atoms with E-state index in [1.807, 2.05) is 0 Å². The van der Waals surface area contributed by atoms with Gasteiger partial charge in [0.05, 0.1) is 32.5 Å². The number of carbonyl (C=O) groups excluding carboxylic acids is 2. The smallest absolute Gasteiger partial charge is 0.335 e. The highest BCUT2D eigenvalue weighted by molar-refractivity contribution is 6.41. The minimum absolute atomic E-state index is 0.0519. The van der Waals surface area contributed by atoms with E-state index in [0.717, 1.165) is 0 Å². The lowest BCUT2D eigenvalue weighted by Crippen LogP contribution is -2.01. The van der Waals surface area contributed by atoms with Crippen molar-refractivity contribution in [3.8, 4) is 17.2 Å². The Morgan fingerprint density at radius 3 is 2.00 bits per heavy atom. The SMILES string of the molecule is COc1cc(/C=C2/C(=O)c3ccc(C(=O)O)cc3C2=O)cc(OC)c1OC. The highest BCUT2D eigenvalue weighted by Crippen LogP contribution is 2.39. The van der Waals surface area contributed by atoms with E-state index in [-0.39, 0.29) is 22.3 Å². The van der Waals surface area contributed by atoms with Crippen LogP contribution < -0.4 is 14.2 Å². The number of hydrogen-bond donors (Lipinski definition) is 1. The normalized spacial score (nSPS) is 14.3. The van der Waals surface area contributed by atoms with Gasteiger partial charge in [0, 0.05) is 11.1 Å². The Hall–Kier alpha value is -3.61. The van der Waals surface area contributed by atoms with E-state index in [2.05, 4.69) is 0 Å². The maximum atomic E-state index is 12.6. The fourth-order valence-corrected chi connectivity index (χ4v) is 2.94. The monoisotopic (exact) mass is 368 g/mol. The number of Topliss-reactive ketones (excluding diaryl/α,β-unsaturated/α-hetero) is 2. The summed E-state index contributed by atoms with van der Waals surface area (Å²) >= 11 is 0. The number of methoxy groups -OCH3 is 3. The molecule has 3 rings (SSSR count). The van der Waals surface area contributed by atoms with Gasteiger partial charge in [-0.2, -0.15) is 0 Å². The fraction of sp³-hybridized carbons (Fsp3) is 0.150. The summed E-state index contributed by atoms with van der Waals surface area (Å²) in [6.07, 6.45) is 1.43. The maximum Gasteiger partial charge on any atom is 0.335 e. The van der Waals surface area contributed by atoms with E-state index in [4.69, 9.17) is 19.3 Å². The summed E-state index contributed by atoms with van der Waals surface area (Å²) in [5, 5.41) is 9.08. The molecular formula is C20H16O7. The molecule has 0 heterocycles. The standard InChI is InChI=1S/C20H16O7/c1-25-15-7-10(8-16(26-2)19(15)27-3)6-14-17(21)12-5-4-11(20(23)24)9-13(12)18(14)22/h4-9H,1-3H3,(H,23,24)/b14-6-. The van der Waals surface area contributed by atoms with E-state index in [9.17, 15) is 14.4 Å². The molecule has 0 bridgehead atoms. The van der Waals surface area contributed by atoms with Crippen molar-refractivity contribution in [2.75, 3.05) is 21.3 Å². The van der Waals surface area contributed by atoms with Crippen molar-refractivity contribution >= 4 is 23.6 Å². The minimum atomic E-state index is -1.17. The van der Waals surface area contributed by atoms with Crippen LogP contribution in [0.3, 0.4) is 0 Å². The number of carbonyl (C=O) groups is 3. The van der Waals surface area contributed by atoms with Gasteiger partial charge in [-0.1, -0.05) is 0 Å². The third kappa shape index (κ3) is 3.03. The van der Waals surface area contributed by atoms with Gasteiger partial charge < -0.3 is 19.3 Å². The molecule has 1 aliphatic rings. The summed E-state index contributed by atoms with van der Waals surface area (Å²) in [5.41, 5.74) is 0.667. The second kappa shape index (κ2) is 6.95. The molecule has 0 unspecified atom stereocenters. The molecule has 7 heteroatoms. The van der Waals surface area contributed by atoms with Crippen LogP contribution in [0.15, 0.2) is 35.9 Å². The number of allylic oxidation sites excluding steroid dienone is 1. The Morgan fingerprint density at radius 1 is 0.889 bits per heavy atom. The number of rotatable bonds is 5. The average molecular weight is 368 g/mol. The van der Waals surface area contributed by atoms with Gasteiger partial charge in [-0.15, -0.1) is 0 Å². The minimum Gasteiger partial charge on any atom is -0.493 e. The van der Waals surface area contributed by atoms with Crippen LogP contribution in [-0.2, 0) is 0 Å². The van der Waals surface area contributed by atoms with E-state index >= 15 is 0 Å². The molecule has 7 nitrogen and oxygen atoms in total. The number of carboxylic acid groups (broad SMARTS) is 1. The number of aromatic carboxylic acids is 1. The fourth-order valence-electron chi connectivity index (χ4n) is 2.94. The van der Waals surface area contributed by atoms with E-state index < -0.39 is 17.5 Å². The topological polar surface area (TPSA) is 99.1 Å². The molecule has 27 heavy (non-hydrogen) atoms. The molecular weight excluding hydrogens is 352 g/mol.